The van der Waals surface area contributed by atoms with Crippen LogP contribution in [0.25, 0.3) is 10.2 Å². The van der Waals surface area contributed by atoms with Crippen LogP contribution in [0, 0.1) is 17.3 Å². The van der Waals surface area contributed by atoms with Gasteiger partial charge in [0, 0.05) is 30.8 Å². The van der Waals surface area contributed by atoms with Crippen LogP contribution in [-0.2, 0) is 24.1 Å². The molecule has 0 radical (unpaired) electrons. The first-order chi connectivity index (χ1) is 13.7. The molecule has 5 nitrogen and oxygen atoms in total. The van der Waals surface area contributed by atoms with Crippen LogP contribution in [0.15, 0.2) is 4.79 Å². The summed E-state index contributed by atoms with van der Waals surface area (Å²) in [6.45, 7) is 10.8. The molecule has 1 saturated heterocycles. The molecule has 1 amide bonds. The highest BCUT2D eigenvalue weighted by Gasteiger charge is 2.31. The predicted octanol–water partition coefficient (Wildman–Crippen LogP) is 4.33. The molecule has 2 atom stereocenters. The van der Waals surface area contributed by atoms with E-state index in [1.807, 2.05) is 4.90 Å². The van der Waals surface area contributed by atoms with Gasteiger partial charge in [-0.3, -0.25) is 9.59 Å². The smallest absolute Gasteiger partial charge is 0.259 e. The second kappa shape index (κ2) is 7.86. The number of aryl methyl sites for hydroxylation is 2. The van der Waals surface area contributed by atoms with Gasteiger partial charge in [-0.05, 0) is 54.9 Å². The normalized spacial score (nSPS) is 22.7. The molecule has 1 N–H and O–H groups in total. The van der Waals surface area contributed by atoms with Crippen molar-refractivity contribution in [2.45, 2.75) is 72.6 Å². The topological polar surface area (TPSA) is 66.1 Å². The van der Waals surface area contributed by atoms with E-state index in [0.717, 1.165) is 49.0 Å². The number of H-pyrrole nitrogens is 1. The van der Waals surface area contributed by atoms with Gasteiger partial charge >= 0.3 is 0 Å². The maximum Gasteiger partial charge on any atom is 0.259 e. The van der Waals surface area contributed by atoms with Crippen molar-refractivity contribution in [2.75, 3.05) is 13.1 Å². The molecule has 2 aromatic heterocycles. The van der Waals surface area contributed by atoms with E-state index in [1.165, 1.54) is 16.9 Å². The van der Waals surface area contributed by atoms with Crippen molar-refractivity contribution in [3.8, 4) is 0 Å². The Hall–Kier alpha value is -1.69. The van der Waals surface area contributed by atoms with Gasteiger partial charge in [-0.25, -0.2) is 4.98 Å². The Kier molecular flexibility index (Phi) is 5.58. The molecule has 3 heterocycles. The van der Waals surface area contributed by atoms with Crippen molar-refractivity contribution in [3.05, 3.63) is 26.6 Å². The highest BCUT2D eigenvalue weighted by molar-refractivity contribution is 7.18. The maximum atomic E-state index is 12.8. The highest BCUT2D eigenvalue weighted by atomic mass is 32.1. The average molecular weight is 416 g/mol. The molecule has 0 spiro atoms. The Morgan fingerprint density at radius 3 is 2.83 bits per heavy atom. The summed E-state index contributed by atoms with van der Waals surface area (Å²) < 4.78 is 0. The highest BCUT2D eigenvalue weighted by Crippen LogP contribution is 2.42. The lowest BCUT2D eigenvalue weighted by atomic mass is 9.72. The summed E-state index contributed by atoms with van der Waals surface area (Å²) in [6.07, 6.45) is 6.35. The van der Waals surface area contributed by atoms with Gasteiger partial charge in [0.05, 0.1) is 5.39 Å². The summed E-state index contributed by atoms with van der Waals surface area (Å²) in [6, 6.07) is 0. The molecule has 0 aromatic carbocycles. The SMILES string of the molecule is C[C@H]1CCCN(C(=O)CCc2nc3sc4c(c3c(=O)[nH]2)CC[C@@H](C(C)(C)C)C4)C1. The third-order valence-electron chi connectivity index (χ3n) is 6.78. The molecule has 0 saturated carbocycles. The second-order valence-corrected chi connectivity index (χ2v) is 11.2. The van der Waals surface area contributed by atoms with E-state index in [9.17, 15) is 9.59 Å². The number of carbonyl (C=O) groups excluding carboxylic acids is 1. The van der Waals surface area contributed by atoms with Crippen LogP contribution in [0.5, 0.6) is 0 Å². The summed E-state index contributed by atoms with van der Waals surface area (Å²) in [7, 11) is 0. The van der Waals surface area contributed by atoms with Crippen LogP contribution in [0.1, 0.15) is 69.6 Å². The molecule has 2 aromatic rings. The molecule has 1 aliphatic heterocycles. The van der Waals surface area contributed by atoms with Crippen LogP contribution < -0.4 is 5.56 Å². The molecule has 158 valence electrons. The van der Waals surface area contributed by atoms with Gasteiger partial charge in [0.1, 0.15) is 10.7 Å². The third-order valence-corrected chi connectivity index (χ3v) is 7.93. The zero-order valence-corrected chi connectivity index (χ0v) is 19.0. The first-order valence-electron chi connectivity index (χ1n) is 11.0. The van der Waals surface area contributed by atoms with E-state index >= 15 is 0 Å². The van der Waals surface area contributed by atoms with E-state index in [-0.39, 0.29) is 16.9 Å². The molecule has 6 heteroatoms. The standard InChI is InChI=1S/C23H33N3O2S/c1-14-6-5-11-26(13-14)19(27)10-9-18-24-21(28)20-16-8-7-15(23(2,3)4)12-17(16)29-22(20)25-18/h14-15H,5-13H2,1-4H3,(H,24,25,28)/t14-,15+/m0/s1. The monoisotopic (exact) mass is 415 g/mol. The Labute approximate surface area is 176 Å². The van der Waals surface area contributed by atoms with Crippen LogP contribution >= 0.6 is 11.3 Å². The minimum atomic E-state index is -0.0317. The van der Waals surface area contributed by atoms with Gasteiger partial charge < -0.3 is 9.88 Å². The Bertz CT molecular complexity index is 969. The Morgan fingerprint density at radius 1 is 1.31 bits per heavy atom. The van der Waals surface area contributed by atoms with Gasteiger partial charge in [0.2, 0.25) is 5.91 Å². The number of thiophene rings is 1. The lowest BCUT2D eigenvalue weighted by Crippen LogP contribution is -2.39. The van der Waals surface area contributed by atoms with E-state index in [4.69, 9.17) is 4.98 Å². The van der Waals surface area contributed by atoms with Crippen molar-refractivity contribution < 1.29 is 4.79 Å². The lowest BCUT2D eigenvalue weighted by Gasteiger charge is -2.33. The van der Waals surface area contributed by atoms with Crippen molar-refractivity contribution in [2.24, 2.45) is 17.3 Å². The van der Waals surface area contributed by atoms with Crippen molar-refractivity contribution in [3.63, 3.8) is 0 Å². The molecular formula is C23H33N3O2S. The summed E-state index contributed by atoms with van der Waals surface area (Å²) in [5.41, 5.74) is 1.46. The van der Waals surface area contributed by atoms with Gasteiger partial charge in [0.15, 0.2) is 0 Å². The largest absolute Gasteiger partial charge is 0.342 e. The molecule has 4 rings (SSSR count). The van der Waals surface area contributed by atoms with Crippen LogP contribution in [0.3, 0.4) is 0 Å². The fourth-order valence-electron chi connectivity index (χ4n) is 4.89. The molecule has 1 aliphatic carbocycles. The number of fused-ring (bicyclic) bond motifs is 3. The molecule has 0 unspecified atom stereocenters. The second-order valence-electron chi connectivity index (χ2n) is 10.1. The number of hydrogen-bond acceptors (Lipinski definition) is 4. The van der Waals surface area contributed by atoms with Gasteiger partial charge in [0.25, 0.3) is 5.56 Å². The quantitative estimate of drug-likeness (QED) is 0.811. The molecular weight excluding hydrogens is 382 g/mol. The minimum absolute atomic E-state index is 0.0317. The molecule has 0 bridgehead atoms. The lowest BCUT2D eigenvalue weighted by molar-refractivity contribution is -0.132. The van der Waals surface area contributed by atoms with Crippen LogP contribution in [-0.4, -0.2) is 33.9 Å². The fraction of sp³-hybridized carbons (Fsp3) is 0.696. The van der Waals surface area contributed by atoms with Crippen molar-refractivity contribution in [1.29, 1.82) is 0 Å². The molecule has 2 aliphatic rings. The fourth-order valence-corrected chi connectivity index (χ4v) is 6.20. The van der Waals surface area contributed by atoms with E-state index < -0.39 is 0 Å². The van der Waals surface area contributed by atoms with E-state index in [0.29, 0.717) is 30.5 Å². The van der Waals surface area contributed by atoms with E-state index in [1.54, 1.807) is 11.3 Å². The van der Waals surface area contributed by atoms with Crippen LogP contribution in [0.4, 0.5) is 0 Å². The van der Waals surface area contributed by atoms with Gasteiger partial charge in [-0.15, -0.1) is 11.3 Å². The molecule has 29 heavy (non-hydrogen) atoms. The van der Waals surface area contributed by atoms with Crippen LogP contribution in [0.2, 0.25) is 0 Å². The number of aromatic amines is 1. The number of likely N-dealkylation sites (tertiary alicyclic amines) is 1. The Morgan fingerprint density at radius 2 is 2.10 bits per heavy atom. The maximum absolute atomic E-state index is 12.8. The summed E-state index contributed by atoms with van der Waals surface area (Å²) in [5.74, 6) is 2.05. The third kappa shape index (κ3) is 4.27. The summed E-state index contributed by atoms with van der Waals surface area (Å²) in [4.78, 5) is 37.3. The van der Waals surface area contributed by atoms with Gasteiger partial charge in [-0.1, -0.05) is 27.7 Å². The average Bonchev–Trinajstić information content (AvgIpc) is 3.03. The number of rotatable bonds is 3. The minimum Gasteiger partial charge on any atom is -0.342 e. The first-order valence-corrected chi connectivity index (χ1v) is 11.8. The summed E-state index contributed by atoms with van der Waals surface area (Å²) >= 11 is 1.68. The number of nitrogens with one attached hydrogen (secondary N) is 1. The van der Waals surface area contributed by atoms with Crippen molar-refractivity contribution >= 4 is 27.5 Å². The first kappa shape index (κ1) is 20.6. The number of nitrogens with zero attached hydrogens (tertiary/aromatic N) is 2. The Balaban J connectivity index is 1.51. The zero-order valence-electron chi connectivity index (χ0n) is 18.1. The molecule has 1 fully saturated rings. The zero-order chi connectivity index (χ0) is 20.8. The van der Waals surface area contributed by atoms with E-state index in [2.05, 4.69) is 32.7 Å². The van der Waals surface area contributed by atoms with Gasteiger partial charge in [-0.2, -0.15) is 0 Å². The summed E-state index contributed by atoms with van der Waals surface area (Å²) in [5, 5.41) is 0.789. The number of piperidine rings is 1. The number of carbonyl (C=O) groups is 1. The number of aromatic nitrogens is 2. The number of hydrogen-bond donors (Lipinski definition) is 1. The number of amides is 1. The predicted molar refractivity (Wildman–Crippen MR) is 119 cm³/mol. The van der Waals surface area contributed by atoms with Crippen molar-refractivity contribution in [1.82, 2.24) is 14.9 Å².